The van der Waals surface area contributed by atoms with E-state index in [0.717, 1.165) is 25.7 Å². The highest BCUT2D eigenvalue weighted by molar-refractivity contribution is 6.35. The fourth-order valence-corrected chi connectivity index (χ4v) is 2.02. The summed E-state index contributed by atoms with van der Waals surface area (Å²) in [4.78, 5) is 23.0. The Bertz CT molecular complexity index is 248. The molecule has 5 nitrogen and oxygen atoms in total. The zero-order valence-electron chi connectivity index (χ0n) is 10.5. The first-order chi connectivity index (χ1) is 8.24. The first-order valence-corrected chi connectivity index (χ1v) is 6.31. The summed E-state index contributed by atoms with van der Waals surface area (Å²) in [5.74, 6) is -1.08. The standard InChI is InChI=1S/C12H22N2O3/c1-17-9-8-13-11(15)12(16)14-10-6-4-2-3-5-7-10/h10H,2-9H2,1H3,(H,13,15)(H,14,16). The zero-order valence-corrected chi connectivity index (χ0v) is 10.5. The van der Waals surface area contributed by atoms with E-state index < -0.39 is 11.8 Å². The molecule has 5 heteroatoms. The van der Waals surface area contributed by atoms with Gasteiger partial charge < -0.3 is 15.4 Å². The van der Waals surface area contributed by atoms with E-state index in [2.05, 4.69) is 10.6 Å². The number of hydrogen-bond acceptors (Lipinski definition) is 3. The third-order valence-corrected chi connectivity index (χ3v) is 2.99. The van der Waals surface area contributed by atoms with Crippen molar-refractivity contribution in [1.82, 2.24) is 10.6 Å². The lowest BCUT2D eigenvalue weighted by Crippen LogP contribution is -2.45. The minimum absolute atomic E-state index is 0.165. The molecule has 1 fully saturated rings. The highest BCUT2D eigenvalue weighted by Gasteiger charge is 2.19. The molecule has 0 heterocycles. The fourth-order valence-electron chi connectivity index (χ4n) is 2.02. The van der Waals surface area contributed by atoms with Crippen LogP contribution in [0.1, 0.15) is 38.5 Å². The van der Waals surface area contributed by atoms with Crippen LogP contribution in [0.4, 0.5) is 0 Å². The second kappa shape index (κ2) is 8.06. The van der Waals surface area contributed by atoms with Crippen molar-refractivity contribution in [3.63, 3.8) is 0 Å². The molecule has 1 aliphatic carbocycles. The minimum atomic E-state index is -0.564. The van der Waals surface area contributed by atoms with Crippen molar-refractivity contribution in [3.8, 4) is 0 Å². The molecule has 0 atom stereocenters. The molecule has 0 aromatic carbocycles. The Hall–Kier alpha value is -1.10. The van der Waals surface area contributed by atoms with Gasteiger partial charge in [0.15, 0.2) is 0 Å². The number of hydrogen-bond donors (Lipinski definition) is 2. The third-order valence-electron chi connectivity index (χ3n) is 2.99. The predicted molar refractivity (Wildman–Crippen MR) is 64.5 cm³/mol. The smallest absolute Gasteiger partial charge is 0.309 e. The Morgan fingerprint density at radius 2 is 1.76 bits per heavy atom. The number of rotatable bonds is 4. The summed E-state index contributed by atoms with van der Waals surface area (Å²) in [5.41, 5.74) is 0. The van der Waals surface area contributed by atoms with Crippen LogP contribution < -0.4 is 10.6 Å². The van der Waals surface area contributed by atoms with E-state index in [4.69, 9.17) is 4.74 Å². The second-order valence-corrected chi connectivity index (χ2v) is 4.41. The van der Waals surface area contributed by atoms with Gasteiger partial charge in [0.1, 0.15) is 0 Å². The summed E-state index contributed by atoms with van der Waals surface area (Å²) < 4.78 is 4.79. The SMILES string of the molecule is COCCNC(=O)C(=O)NC1CCCCCC1. The van der Waals surface area contributed by atoms with E-state index in [1.54, 1.807) is 7.11 Å². The normalized spacial score (nSPS) is 17.2. The maximum Gasteiger partial charge on any atom is 0.309 e. The number of methoxy groups -OCH3 is 1. The van der Waals surface area contributed by atoms with Crippen LogP contribution in [0, 0.1) is 0 Å². The molecule has 0 unspecified atom stereocenters. The van der Waals surface area contributed by atoms with Crippen LogP contribution >= 0.6 is 0 Å². The molecule has 17 heavy (non-hydrogen) atoms. The van der Waals surface area contributed by atoms with Gasteiger partial charge in [-0.15, -0.1) is 0 Å². The molecule has 1 rings (SSSR count). The molecule has 98 valence electrons. The molecule has 0 aromatic heterocycles. The van der Waals surface area contributed by atoms with Crippen LogP contribution in [0.15, 0.2) is 0 Å². The average molecular weight is 242 g/mol. The van der Waals surface area contributed by atoms with Crippen LogP contribution in [-0.2, 0) is 14.3 Å². The number of carbonyl (C=O) groups is 2. The molecule has 1 saturated carbocycles. The van der Waals surface area contributed by atoms with Gasteiger partial charge in [-0.2, -0.15) is 0 Å². The van der Waals surface area contributed by atoms with Crippen molar-refractivity contribution < 1.29 is 14.3 Å². The fraction of sp³-hybridized carbons (Fsp3) is 0.833. The average Bonchev–Trinajstić information content (AvgIpc) is 2.57. The van der Waals surface area contributed by atoms with Gasteiger partial charge >= 0.3 is 11.8 Å². The first kappa shape index (κ1) is 14.0. The molecule has 0 saturated heterocycles. The van der Waals surface area contributed by atoms with Gasteiger partial charge in [-0.05, 0) is 12.8 Å². The van der Waals surface area contributed by atoms with Crippen molar-refractivity contribution in [2.45, 2.75) is 44.6 Å². The summed E-state index contributed by atoms with van der Waals surface area (Å²) in [5, 5.41) is 5.31. The van der Waals surface area contributed by atoms with Gasteiger partial charge in [-0.3, -0.25) is 9.59 Å². The van der Waals surface area contributed by atoms with Crippen molar-refractivity contribution in [2.24, 2.45) is 0 Å². The van der Waals surface area contributed by atoms with Gasteiger partial charge in [0.2, 0.25) is 0 Å². The Labute approximate surface area is 102 Å². The lowest BCUT2D eigenvalue weighted by molar-refractivity contribution is -0.139. The minimum Gasteiger partial charge on any atom is -0.383 e. The molecule has 0 aromatic rings. The van der Waals surface area contributed by atoms with Gasteiger partial charge in [-0.1, -0.05) is 25.7 Å². The van der Waals surface area contributed by atoms with E-state index in [0.29, 0.717) is 13.2 Å². The van der Waals surface area contributed by atoms with E-state index in [-0.39, 0.29) is 6.04 Å². The molecule has 2 amide bonds. The largest absolute Gasteiger partial charge is 0.383 e. The highest BCUT2D eigenvalue weighted by atomic mass is 16.5. The lowest BCUT2D eigenvalue weighted by Gasteiger charge is -2.15. The van der Waals surface area contributed by atoms with E-state index >= 15 is 0 Å². The van der Waals surface area contributed by atoms with Gasteiger partial charge in [0.25, 0.3) is 0 Å². The van der Waals surface area contributed by atoms with Crippen LogP contribution in [0.25, 0.3) is 0 Å². The monoisotopic (exact) mass is 242 g/mol. The maximum absolute atomic E-state index is 11.6. The van der Waals surface area contributed by atoms with Crippen molar-refractivity contribution in [1.29, 1.82) is 0 Å². The van der Waals surface area contributed by atoms with Crippen LogP contribution in [-0.4, -0.2) is 38.1 Å². The summed E-state index contributed by atoms with van der Waals surface area (Å²) in [7, 11) is 1.55. The van der Waals surface area contributed by atoms with Crippen LogP contribution in [0.5, 0.6) is 0 Å². The van der Waals surface area contributed by atoms with E-state index in [1.165, 1.54) is 12.8 Å². The Kier molecular flexibility index (Phi) is 6.62. The van der Waals surface area contributed by atoms with Gasteiger partial charge in [0, 0.05) is 19.7 Å². The molecule has 1 aliphatic rings. The quantitative estimate of drug-likeness (QED) is 0.431. The van der Waals surface area contributed by atoms with Crippen molar-refractivity contribution in [2.75, 3.05) is 20.3 Å². The van der Waals surface area contributed by atoms with Crippen molar-refractivity contribution >= 4 is 11.8 Å². The number of ether oxygens (including phenoxy) is 1. The summed E-state index contributed by atoms with van der Waals surface area (Å²) in [6.07, 6.45) is 6.69. The summed E-state index contributed by atoms with van der Waals surface area (Å²) in [6.45, 7) is 0.788. The van der Waals surface area contributed by atoms with Crippen LogP contribution in [0.3, 0.4) is 0 Å². The molecule has 0 radical (unpaired) electrons. The molecule has 0 bridgehead atoms. The molecular formula is C12H22N2O3. The highest BCUT2D eigenvalue weighted by Crippen LogP contribution is 2.16. The zero-order chi connectivity index (χ0) is 12.5. The Balaban J connectivity index is 2.24. The number of amides is 2. The maximum atomic E-state index is 11.6. The van der Waals surface area contributed by atoms with Gasteiger partial charge in [-0.25, -0.2) is 0 Å². The lowest BCUT2D eigenvalue weighted by atomic mass is 10.1. The topological polar surface area (TPSA) is 67.4 Å². The Morgan fingerprint density at radius 1 is 1.12 bits per heavy atom. The molecule has 0 spiro atoms. The first-order valence-electron chi connectivity index (χ1n) is 6.31. The third kappa shape index (κ3) is 5.68. The van der Waals surface area contributed by atoms with E-state index in [1.807, 2.05) is 0 Å². The number of nitrogens with one attached hydrogen (secondary N) is 2. The molecular weight excluding hydrogens is 220 g/mol. The predicted octanol–water partition coefficient (Wildman–Crippen LogP) is 0.588. The Morgan fingerprint density at radius 3 is 2.35 bits per heavy atom. The molecule has 0 aliphatic heterocycles. The van der Waals surface area contributed by atoms with E-state index in [9.17, 15) is 9.59 Å². The van der Waals surface area contributed by atoms with Gasteiger partial charge in [0.05, 0.1) is 6.61 Å². The summed E-state index contributed by atoms with van der Waals surface area (Å²) >= 11 is 0. The number of carbonyl (C=O) groups excluding carboxylic acids is 2. The van der Waals surface area contributed by atoms with Crippen molar-refractivity contribution in [3.05, 3.63) is 0 Å². The summed E-state index contributed by atoms with van der Waals surface area (Å²) in [6, 6.07) is 0.165. The molecule has 2 N–H and O–H groups in total. The second-order valence-electron chi connectivity index (χ2n) is 4.41. The van der Waals surface area contributed by atoms with Crippen LogP contribution in [0.2, 0.25) is 0 Å².